The molecule has 0 saturated heterocycles. The van der Waals surface area contributed by atoms with Crippen molar-refractivity contribution < 1.29 is 9.47 Å². The summed E-state index contributed by atoms with van der Waals surface area (Å²) in [7, 11) is 3.36. The lowest BCUT2D eigenvalue weighted by Gasteiger charge is -2.02. The van der Waals surface area contributed by atoms with Crippen LogP contribution in [0.1, 0.15) is 19.8 Å². The van der Waals surface area contributed by atoms with Crippen LogP contribution in [-0.4, -0.2) is 14.2 Å². The maximum Gasteiger partial charge on any atom is 0.122 e. The summed E-state index contributed by atoms with van der Waals surface area (Å²) in [6, 6.07) is 0. The number of hydrogen-bond donors (Lipinski definition) is 0. The summed E-state index contributed by atoms with van der Waals surface area (Å²) in [6.07, 6.45) is 8.02. The summed E-state index contributed by atoms with van der Waals surface area (Å²) < 4.78 is 10.4. The van der Waals surface area contributed by atoms with E-state index in [1.54, 1.807) is 14.2 Å². The molecule has 0 radical (unpaired) electrons. The molecule has 0 amide bonds. The van der Waals surface area contributed by atoms with Gasteiger partial charge < -0.3 is 9.47 Å². The van der Waals surface area contributed by atoms with E-state index >= 15 is 0 Å². The van der Waals surface area contributed by atoms with E-state index in [1.807, 2.05) is 12.2 Å². The van der Waals surface area contributed by atoms with Gasteiger partial charge in [0.25, 0.3) is 0 Å². The molecule has 13 heavy (non-hydrogen) atoms. The molecule has 0 aliphatic heterocycles. The first-order valence-electron chi connectivity index (χ1n) is 4.49. The molecular weight excluding hydrogens is 164 g/mol. The molecule has 0 atom stereocenters. The van der Waals surface area contributed by atoms with Crippen LogP contribution in [0.15, 0.2) is 35.3 Å². The van der Waals surface area contributed by atoms with Gasteiger partial charge in [-0.1, -0.05) is 13.0 Å². The highest BCUT2D eigenvalue weighted by Gasteiger charge is 2.04. The maximum absolute atomic E-state index is 5.20. The molecule has 1 rings (SSSR count). The monoisotopic (exact) mass is 180 g/mol. The minimum Gasteiger partial charge on any atom is -0.501 e. The van der Waals surface area contributed by atoms with Crippen molar-refractivity contribution in [1.29, 1.82) is 0 Å². The first-order chi connectivity index (χ1) is 6.30. The van der Waals surface area contributed by atoms with Crippen LogP contribution >= 0.6 is 0 Å². The summed E-state index contributed by atoms with van der Waals surface area (Å²) >= 11 is 0. The fourth-order valence-electron chi connectivity index (χ4n) is 1.24. The zero-order chi connectivity index (χ0) is 9.68. The molecule has 2 heteroatoms. The Hall–Kier alpha value is -1.18. The van der Waals surface area contributed by atoms with Crippen molar-refractivity contribution in [2.45, 2.75) is 19.8 Å². The Morgan fingerprint density at radius 2 is 2.00 bits per heavy atom. The first-order valence-corrected chi connectivity index (χ1v) is 4.49. The summed E-state index contributed by atoms with van der Waals surface area (Å²) in [5, 5.41) is 0. The smallest absolute Gasteiger partial charge is 0.122 e. The maximum atomic E-state index is 5.20. The van der Waals surface area contributed by atoms with Gasteiger partial charge in [0.2, 0.25) is 0 Å². The average Bonchev–Trinajstić information content (AvgIpc) is 2.39. The third-order valence-corrected chi connectivity index (χ3v) is 2.10. The summed E-state index contributed by atoms with van der Waals surface area (Å²) in [5.74, 6) is 1.80. The van der Waals surface area contributed by atoms with Crippen LogP contribution in [0.5, 0.6) is 0 Å². The van der Waals surface area contributed by atoms with E-state index in [2.05, 4.69) is 13.0 Å². The van der Waals surface area contributed by atoms with Crippen LogP contribution < -0.4 is 0 Å². The van der Waals surface area contributed by atoms with E-state index < -0.39 is 0 Å². The Balaban J connectivity index is 2.87. The first kappa shape index (κ1) is 9.90. The van der Waals surface area contributed by atoms with Crippen molar-refractivity contribution in [2.75, 3.05) is 14.2 Å². The summed E-state index contributed by atoms with van der Waals surface area (Å²) in [5.41, 5.74) is 1.29. The molecule has 72 valence electrons. The second-order valence-corrected chi connectivity index (χ2v) is 2.90. The Kier molecular flexibility index (Phi) is 3.62. The molecule has 1 aliphatic carbocycles. The lowest BCUT2D eigenvalue weighted by Crippen LogP contribution is -1.87. The lowest BCUT2D eigenvalue weighted by atomic mass is 10.1. The molecule has 0 aromatic carbocycles. The van der Waals surface area contributed by atoms with Crippen molar-refractivity contribution in [3.05, 3.63) is 35.3 Å². The molecule has 0 heterocycles. The van der Waals surface area contributed by atoms with E-state index in [0.717, 1.165) is 24.4 Å². The normalized spacial score (nSPS) is 16.7. The van der Waals surface area contributed by atoms with Crippen LogP contribution in [0.2, 0.25) is 0 Å². The zero-order valence-corrected chi connectivity index (χ0v) is 8.46. The third kappa shape index (κ3) is 2.65. The molecule has 0 fully saturated rings. The van der Waals surface area contributed by atoms with Crippen molar-refractivity contribution in [1.82, 2.24) is 0 Å². The van der Waals surface area contributed by atoms with Crippen LogP contribution in [0.4, 0.5) is 0 Å². The Morgan fingerprint density at radius 3 is 2.54 bits per heavy atom. The molecule has 0 aromatic rings. The van der Waals surface area contributed by atoms with Gasteiger partial charge in [-0.2, -0.15) is 0 Å². The van der Waals surface area contributed by atoms with Gasteiger partial charge in [0.1, 0.15) is 11.5 Å². The van der Waals surface area contributed by atoms with Crippen LogP contribution in [-0.2, 0) is 9.47 Å². The van der Waals surface area contributed by atoms with Gasteiger partial charge in [-0.15, -0.1) is 0 Å². The quantitative estimate of drug-likeness (QED) is 0.665. The van der Waals surface area contributed by atoms with Gasteiger partial charge >= 0.3 is 0 Å². The largest absolute Gasteiger partial charge is 0.501 e. The third-order valence-electron chi connectivity index (χ3n) is 2.10. The lowest BCUT2D eigenvalue weighted by molar-refractivity contribution is 0.271. The van der Waals surface area contributed by atoms with Crippen molar-refractivity contribution in [3.8, 4) is 0 Å². The van der Waals surface area contributed by atoms with Crippen molar-refractivity contribution in [2.24, 2.45) is 0 Å². The molecule has 0 bridgehead atoms. The van der Waals surface area contributed by atoms with Crippen molar-refractivity contribution >= 4 is 0 Å². The molecule has 1 aliphatic rings. The molecule has 2 nitrogen and oxygen atoms in total. The topological polar surface area (TPSA) is 18.5 Å². The minimum atomic E-state index is 0.850. The molecule has 0 aromatic heterocycles. The van der Waals surface area contributed by atoms with Gasteiger partial charge in [0, 0.05) is 12.5 Å². The minimum absolute atomic E-state index is 0.850. The Morgan fingerprint density at radius 1 is 1.23 bits per heavy atom. The van der Waals surface area contributed by atoms with Crippen LogP contribution in [0.3, 0.4) is 0 Å². The number of hydrogen-bond acceptors (Lipinski definition) is 2. The molecule has 0 spiro atoms. The predicted octanol–water partition coefficient (Wildman–Crippen LogP) is 2.79. The number of methoxy groups -OCH3 is 2. The SMILES string of the molecule is CCC1=CCC(OC)=CC(OC)=C1. The standard InChI is InChI=1S/C11H16O2/c1-4-9-5-6-10(12-2)8-11(7-9)13-3/h5,7-8H,4,6H2,1-3H3. The highest BCUT2D eigenvalue weighted by molar-refractivity contribution is 5.32. The second-order valence-electron chi connectivity index (χ2n) is 2.90. The van der Waals surface area contributed by atoms with Gasteiger partial charge in [0.05, 0.1) is 14.2 Å². The summed E-state index contributed by atoms with van der Waals surface area (Å²) in [6.45, 7) is 2.13. The van der Waals surface area contributed by atoms with E-state index in [-0.39, 0.29) is 0 Å². The Bertz CT molecular complexity index is 259. The number of ether oxygens (including phenoxy) is 2. The van der Waals surface area contributed by atoms with Crippen molar-refractivity contribution in [3.63, 3.8) is 0 Å². The Labute approximate surface area is 79.5 Å². The zero-order valence-electron chi connectivity index (χ0n) is 8.46. The molecular formula is C11H16O2. The van der Waals surface area contributed by atoms with Gasteiger partial charge in [-0.25, -0.2) is 0 Å². The number of rotatable bonds is 3. The molecule has 0 N–H and O–H groups in total. The average molecular weight is 180 g/mol. The number of allylic oxidation sites excluding steroid dienone is 4. The predicted molar refractivity (Wildman–Crippen MR) is 53.2 cm³/mol. The molecule has 0 saturated carbocycles. The molecule has 0 unspecified atom stereocenters. The van der Waals surface area contributed by atoms with Gasteiger partial charge in [0.15, 0.2) is 0 Å². The van der Waals surface area contributed by atoms with Crippen LogP contribution in [0.25, 0.3) is 0 Å². The van der Waals surface area contributed by atoms with Crippen LogP contribution in [0, 0.1) is 0 Å². The second kappa shape index (κ2) is 4.75. The fourth-order valence-corrected chi connectivity index (χ4v) is 1.24. The van der Waals surface area contributed by atoms with Gasteiger partial charge in [-0.05, 0) is 18.1 Å². The van der Waals surface area contributed by atoms with Gasteiger partial charge in [-0.3, -0.25) is 0 Å². The fraction of sp³-hybridized carbons (Fsp3) is 0.455. The van der Waals surface area contributed by atoms with E-state index in [4.69, 9.17) is 9.47 Å². The summed E-state index contributed by atoms with van der Waals surface area (Å²) in [4.78, 5) is 0. The van der Waals surface area contributed by atoms with E-state index in [1.165, 1.54) is 5.57 Å². The highest BCUT2D eigenvalue weighted by Crippen LogP contribution is 2.18. The van der Waals surface area contributed by atoms with E-state index in [9.17, 15) is 0 Å². The highest BCUT2D eigenvalue weighted by atomic mass is 16.5. The van der Waals surface area contributed by atoms with E-state index in [0.29, 0.717) is 0 Å².